The van der Waals surface area contributed by atoms with E-state index in [1.54, 1.807) is 6.92 Å². The number of rotatable bonds is 3. The fourth-order valence-corrected chi connectivity index (χ4v) is 1.42. The molecular formula is C12H20O3. The predicted molar refractivity (Wildman–Crippen MR) is 58.6 cm³/mol. The lowest BCUT2D eigenvalue weighted by Gasteiger charge is -2.23. The molecule has 0 amide bonds. The number of carbonyl (C=O) groups excluding carboxylic acids is 1. The average Bonchev–Trinajstić information content (AvgIpc) is 2.53. The van der Waals surface area contributed by atoms with Gasteiger partial charge in [-0.3, -0.25) is 0 Å². The number of ether oxygens (including phenoxy) is 2. The molecular weight excluding hydrogens is 192 g/mol. The van der Waals surface area contributed by atoms with Crippen LogP contribution in [0.15, 0.2) is 12.2 Å². The van der Waals surface area contributed by atoms with E-state index in [1.165, 1.54) is 0 Å². The third kappa shape index (κ3) is 4.47. The van der Waals surface area contributed by atoms with Crippen LogP contribution in [0.5, 0.6) is 0 Å². The number of hydrogen-bond acceptors (Lipinski definition) is 3. The largest absolute Gasteiger partial charge is 0.458 e. The maximum atomic E-state index is 11.6. The van der Waals surface area contributed by atoms with Crippen LogP contribution < -0.4 is 0 Å². The molecule has 0 aromatic rings. The van der Waals surface area contributed by atoms with Crippen LogP contribution in [0.4, 0.5) is 0 Å². The van der Waals surface area contributed by atoms with Gasteiger partial charge < -0.3 is 9.47 Å². The van der Waals surface area contributed by atoms with Crippen molar-refractivity contribution >= 4 is 5.97 Å². The molecule has 86 valence electrons. The first-order chi connectivity index (χ1) is 6.88. The van der Waals surface area contributed by atoms with E-state index in [-0.39, 0.29) is 12.1 Å². The summed E-state index contributed by atoms with van der Waals surface area (Å²) in [6, 6.07) is 0. The molecule has 0 saturated carbocycles. The van der Waals surface area contributed by atoms with E-state index in [1.807, 2.05) is 26.8 Å². The lowest BCUT2D eigenvalue weighted by molar-refractivity contribution is -0.169. The molecule has 15 heavy (non-hydrogen) atoms. The fraction of sp³-hybridized carbons (Fsp3) is 0.750. The van der Waals surface area contributed by atoms with Gasteiger partial charge in [-0.15, -0.1) is 0 Å². The van der Waals surface area contributed by atoms with Crippen molar-refractivity contribution < 1.29 is 14.3 Å². The first kappa shape index (κ1) is 12.2. The Balaban J connectivity index is 2.36. The van der Waals surface area contributed by atoms with E-state index in [4.69, 9.17) is 9.47 Å². The van der Waals surface area contributed by atoms with Crippen molar-refractivity contribution in [3.63, 3.8) is 0 Å². The van der Waals surface area contributed by atoms with Crippen molar-refractivity contribution in [2.24, 2.45) is 0 Å². The summed E-state index contributed by atoms with van der Waals surface area (Å²) in [6.45, 7) is 7.30. The fourth-order valence-electron chi connectivity index (χ4n) is 1.42. The second-order valence-corrected chi connectivity index (χ2v) is 4.86. The minimum atomic E-state index is -0.489. The Kier molecular flexibility index (Phi) is 3.91. The topological polar surface area (TPSA) is 35.5 Å². The van der Waals surface area contributed by atoms with E-state index < -0.39 is 11.7 Å². The maximum Gasteiger partial charge on any atom is 0.335 e. The van der Waals surface area contributed by atoms with Crippen LogP contribution in [0.2, 0.25) is 0 Å². The molecule has 0 spiro atoms. The molecule has 0 aliphatic heterocycles. The monoisotopic (exact) mass is 212 g/mol. The van der Waals surface area contributed by atoms with Crippen molar-refractivity contribution in [1.82, 2.24) is 0 Å². The molecule has 0 N–H and O–H groups in total. The standard InChI is InChI=1S/C12H20O3/c1-9(11(13)15-12(2,3)4)14-10-7-5-6-8-10/h5,7,9-10H,6,8H2,1-4H3. The van der Waals surface area contributed by atoms with E-state index in [2.05, 4.69) is 6.08 Å². The highest BCUT2D eigenvalue weighted by molar-refractivity contribution is 5.74. The van der Waals surface area contributed by atoms with Crippen LogP contribution in [-0.2, 0) is 14.3 Å². The first-order valence-corrected chi connectivity index (χ1v) is 5.43. The molecule has 0 aromatic heterocycles. The number of esters is 1. The molecule has 2 atom stereocenters. The minimum absolute atomic E-state index is 0.0764. The predicted octanol–water partition coefficient (Wildman–Crippen LogP) is 2.45. The van der Waals surface area contributed by atoms with Gasteiger partial charge in [0, 0.05) is 0 Å². The van der Waals surface area contributed by atoms with Gasteiger partial charge >= 0.3 is 5.97 Å². The Morgan fingerprint density at radius 3 is 2.60 bits per heavy atom. The van der Waals surface area contributed by atoms with Crippen LogP contribution in [0.25, 0.3) is 0 Å². The van der Waals surface area contributed by atoms with Gasteiger partial charge in [0.25, 0.3) is 0 Å². The summed E-state index contributed by atoms with van der Waals surface area (Å²) in [7, 11) is 0. The minimum Gasteiger partial charge on any atom is -0.458 e. The molecule has 2 unspecified atom stereocenters. The van der Waals surface area contributed by atoms with Gasteiger partial charge in [-0.1, -0.05) is 12.2 Å². The summed E-state index contributed by atoms with van der Waals surface area (Å²) in [5.74, 6) is -0.289. The van der Waals surface area contributed by atoms with Gasteiger partial charge in [0.05, 0.1) is 6.10 Å². The van der Waals surface area contributed by atoms with E-state index in [0.29, 0.717) is 0 Å². The third-order valence-corrected chi connectivity index (χ3v) is 2.09. The number of hydrogen-bond donors (Lipinski definition) is 0. The van der Waals surface area contributed by atoms with Crippen LogP contribution in [0.3, 0.4) is 0 Å². The second-order valence-electron chi connectivity index (χ2n) is 4.86. The second kappa shape index (κ2) is 4.79. The van der Waals surface area contributed by atoms with Crippen LogP contribution in [0.1, 0.15) is 40.5 Å². The van der Waals surface area contributed by atoms with E-state index >= 15 is 0 Å². The van der Waals surface area contributed by atoms with Crippen molar-refractivity contribution in [2.45, 2.75) is 58.3 Å². The molecule has 1 aliphatic carbocycles. The highest BCUT2D eigenvalue weighted by Crippen LogP contribution is 2.16. The van der Waals surface area contributed by atoms with Crippen molar-refractivity contribution in [1.29, 1.82) is 0 Å². The van der Waals surface area contributed by atoms with Gasteiger partial charge in [-0.05, 0) is 40.5 Å². The molecule has 3 heteroatoms. The molecule has 0 aromatic carbocycles. The van der Waals surface area contributed by atoms with Gasteiger partial charge in [0.2, 0.25) is 0 Å². The quantitative estimate of drug-likeness (QED) is 0.532. The first-order valence-electron chi connectivity index (χ1n) is 5.43. The Labute approximate surface area is 91.4 Å². The van der Waals surface area contributed by atoms with E-state index in [0.717, 1.165) is 12.8 Å². The molecule has 1 aliphatic rings. The summed E-state index contributed by atoms with van der Waals surface area (Å²) in [5.41, 5.74) is -0.444. The van der Waals surface area contributed by atoms with Crippen LogP contribution in [0, 0.1) is 0 Å². The lowest BCUT2D eigenvalue weighted by Crippen LogP contribution is -2.33. The van der Waals surface area contributed by atoms with Crippen LogP contribution >= 0.6 is 0 Å². The maximum absolute atomic E-state index is 11.6. The van der Waals surface area contributed by atoms with E-state index in [9.17, 15) is 4.79 Å². The SMILES string of the molecule is CC(OC1C=CCC1)C(=O)OC(C)(C)C. The Bertz CT molecular complexity index is 250. The lowest BCUT2D eigenvalue weighted by atomic mass is 10.2. The van der Waals surface area contributed by atoms with Gasteiger partial charge in [0.15, 0.2) is 6.10 Å². The molecule has 1 rings (SSSR count). The van der Waals surface area contributed by atoms with Crippen LogP contribution in [-0.4, -0.2) is 23.8 Å². The highest BCUT2D eigenvalue weighted by atomic mass is 16.6. The number of carbonyl (C=O) groups is 1. The Morgan fingerprint density at radius 1 is 1.47 bits per heavy atom. The smallest absolute Gasteiger partial charge is 0.335 e. The van der Waals surface area contributed by atoms with Gasteiger partial charge in [-0.2, -0.15) is 0 Å². The average molecular weight is 212 g/mol. The zero-order chi connectivity index (χ0) is 11.5. The summed E-state index contributed by atoms with van der Waals surface area (Å²) < 4.78 is 10.8. The normalized spacial score (nSPS) is 22.8. The Hall–Kier alpha value is -0.830. The van der Waals surface area contributed by atoms with Crippen molar-refractivity contribution in [2.75, 3.05) is 0 Å². The summed E-state index contributed by atoms with van der Waals surface area (Å²) >= 11 is 0. The molecule has 3 nitrogen and oxygen atoms in total. The summed E-state index contributed by atoms with van der Waals surface area (Å²) in [4.78, 5) is 11.6. The zero-order valence-corrected chi connectivity index (χ0v) is 9.95. The summed E-state index contributed by atoms with van der Waals surface area (Å²) in [5, 5.41) is 0. The molecule has 0 radical (unpaired) electrons. The molecule has 0 bridgehead atoms. The van der Waals surface area contributed by atoms with Gasteiger partial charge in [-0.25, -0.2) is 4.79 Å². The van der Waals surface area contributed by atoms with Crippen molar-refractivity contribution in [3.05, 3.63) is 12.2 Å². The Morgan fingerprint density at radius 2 is 2.13 bits per heavy atom. The molecule has 0 fully saturated rings. The zero-order valence-electron chi connectivity index (χ0n) is 9.95. The highest BCUT2D eigenvalue weighted by Gasteiger charge is 2.24. The molecule has 0 heterocycles. The molecule has 0 saturated heterocycles. The van der Waals surface area contributed by atoms with Gasteiger partial charge in [0.1, 0.15) is 5.60 Å². The number of allylic oxidation sites excluding steroid dienone is 1. The summed E-state index contributed by atoms with van der Waals surface area (Å²) in [6.07, 6.45) is 5.66. The van der Waals surface area contributed by atoms with Crippen molar-refractivity contribution in [3.8, 4) is 0 Å². The third-order valence-electron chi connectivity index (χ3n) is 2.09.